The Morgan fingerprint density at radius 1 is 1.28 bits per heavy atom. The van der Waals surface area contributed by atoms with Crippen molar-refractivity contribution in [3.05, 3.63) is 24.4 Å². The lowest BCUT2D eigenvalue weighted by Crippen LogP contribution is -2.29. The van der Waals surface area contributed by atoms with Crippen LogP contribution in [0.4, 0.5) is 18.9 Å². The molecular formula is C18H22F3N3O. The van der Waals surface area contributed by atoms with Crippen LogP contribution in [-0.2, 0) is 11.3 Å². The molecule has 3 rings (SSSR count). The number of benzene rings is 1. The fraction of sp³-hybridized carbons (Fsp3) is 0.556. The number of carbonyl (C=O) groups is 1. The van der Waals surface area contributed by atoms with Gasteiger partial charge in [0.2, 0.25) is 5.91 Å². The normalized spacial score (nSPS) is 21.4. The van der Waals surface area contributed by atoms with Crippen LogP contribution in [0.25, 0.3) is 10.9 Å². The first-order valence-electron chi connectivity index (χ1n) is 8.69. The van der Waals surface area contributed by atoms with E-state index >= 15 is 0 Å². The van der Waals surface area contributed by atoms with Gasteiger partial charge in [-0.15, -0.1) is 0 Å². The number of hydrogen-bond donors (Lipinski definition) is 1. The lowest BCUT2D eigenvalue weighted by Gasteiger charge is -2.29. The number of aromatic nitrogens is 2. The second kappa shape index (κ2) is 7.06. The molecule has 0 spiro atoms. The van der Waals surface area contributed by atoms with Crippen molar-refractivity contribution < 1.29 is 18.0 Å². The van der Waals surface area contributed by atoms with Gasteiger partial charge >= 0.3 is 6.18 Å². The fourth-order valence-electron chi connectivity index (χ4n) is 3.57. The number of amides is 1. The van der Waals surface area contributed by atoms with Crippen molar-refractivity contribution in [2.24, 2.45) is 11.8 Å². The second-order valence-corrected chi connectivity index (χ2v) is 6.75. The van der Waals surface area contributed by atoms with Gasteiger partial charge in [-0.2, -0.15) is 18.3 Å². The molecule has 0 unspecified atom stereocenters. The molecule has 0 saturated heterocycles. The summed E-state index contributed by atoms with van der Waals surface area (Å²) in [6, 6.07) is 5.60. The summed E-state index contributed by atoms with van der Waals surface area (Å²) in [5, 5.41) is 8.13. The van der Waals surface area contributed by atoms with Gasteiger partial charge in [-0.25, -0.2) is 0 Å². The van der Waals surface area contributed by atoms with Crippen LogP contribution in [0.15, 0.2) is 24.4 Å². The van der Waals surface area contributed by atoms with Gasteiger partial charge in [-0.05, 0) is 56.7 Å². The predicted molar refractivity (Wildman–Crippen MR) is 90.2 cm³/mol. The number of anilines is 1. The molecular weight excluding hydrogens is 331 g/mol. The van der Waals surface area contributed by atoms with E-state index in [9.17, 15) is 18.0 Å². The van der Waals surface area contributed by atoms with Crippen molar-refractivity contribution in [1.29, 1.82) is 0 Å². The highest BCUT2D eigenvalue weighted by atomic mass is 19.4. The summed E-state index contributed by atoms with van der Waals surface area (Å²) >= 11 is 0. The van der Waals surface area contributed by atoms with Crippen LogP contribution in [0.5, 0.6) is 0 Å². The molecule has 1 fully saturated rings. The third kappa shape index (κ3) is 4.14. The Bertz CT molecular complexity index is 746. The topological polar surface area (TPSA) is 46.9 Å². The van der Waals surface area contributed by atoms with Crippen LogP contribution in [0, 0.1) is 11.8 Å². The van der Waals surface area contributed by atoms with E-state index in [0.717, 1.165) is 17.4 Å². The lowest BCUT2D eigenvalue weighted by molar-refractivity contribution is -0.183. The summed E-state index contributed by atoms with van der Waals surface area (Å²) in [4.78, 5) is 12.2. The first kappa shape index (κ1) is 17.8. The summed E-state index contributed by atoms with van der Waals surface area (Å²) in [7, 11) is 0. The van der Waals surface area contributed by atoms with E-state index < -0.39 is 12.1 Å². The average molecular weight is 353 g/mol. The monoisotopic (exact) mass is 353 g/mol. The Hall–Kier alpha value is -2.05. The Labute approximate surface area is 144 Å². The van der Waals surface area contributed by atoms with Crippen LogP contribution in [-0.4, -0.2) is 21.9 Å². The Balaban J connectivity index is 1.56. The van der Waals surface area contributed by atoms with E-state index in [1.54, 1.807) is 6.20 Å². The molecule has 0 atom stereocenters. The summed E-state index contributed by atoms with van der Waals surface area (Å²) in [5.74, 6) is -1.32. The maximum absolute atomic E-state index is 12.7. The van der Waals surface area contributed by atoms with Crippen LogP contribution < -0.4 is 5.32 Å². The third-order valence-corrected chi connectivity index (χ3v) is 5.01. The van der Waals surface area contributed by atoms with E-state index in [2.05, 4.69) is 10.4 Å². The van der Waals surface area contributed by atoms with Gasteiger partial charge in [-0.1, -0.05) is 0 Å². The van der Waals surface area contributed by atoms with Crippen molar-refractivity contribution >= 4 is 22.5 Å². The summed E-state index contributed by atoms with van der Waals surface area (Å²) < 4.78 is 39.9. The Morgan fingerprint density at radius 3 is 2.64 bits per heavy atom. The second-order valence-electron chi connectivity index (χ2n) is 6.75. The number of fused-ring (bicyclic) bond motifs is 1. The van der Waals surface area contributed by atoms with Gasteiger partial charge in [0.25, 0.3) is 0 Å². The van der Waals surface area contributed by atoms with Crippen molar-refractivity contribution in [3.63, 3.8) is 0 Å². The van der Waals surface area contributed by atoms with Crippen LogP contribution in [0.1, 0.15) is 39.0 Å². The van der Waals surface area contributed by atoms with Crippen LogP contribution in [0.3, 0.4) is 0 Å². The molecule has 1 saturated carbocycles. The molecule has 25 heavy (non-hydrogen) atoms. The van der Waals surface area contributed by atoms with E-state index in [0.29, 0.717) is 18.5 Å². The fourth-order valence-corrected chi connectivity index (χ4v) is 3.57. The summed E-state index contributed by atoms with van der Waals surface area (Å²) in [6.07, 6.45) is -0.880. The highest BCUT2D eigenvalue weighted by Crippen LogP contribution is 2.40. The van der Waals surface area contributed by atoms with Gasteiger partial charge < -0.3 is 5.32 Å². The Morgan fingerprint density at radius 2 is 2.00 bits per heavy atom. The molecule has 0 aliphatic heterocycles. The molecule has 2 aromatic rings. The zero-order valence-corrected chi connectivity index (χ0v) is 14.1. The number of hydrogen-bond acceptors (Lipinski definition) is 2. The molecule has 136 valence electrons. The number of alkyl halides is 3. The quantitative estimate of drug-likeness (QED) is 0.862. The number of carbonyl (C=O) groups excluding carboxylic acids is 1. The standard InChI is InChI=1S/C18H22F3N3O/c1-2-24-16-10-15(8-5-13(16)11-22-24)23-17(25)9-12-3-6-14(7-4-12)18(19,20)21/h5,8,10-12,14H,2-4,6-7,9H2,1H3,(H,23,25). The number of aryl methyl sites for hydroxylation is 1. The number of halogens is 3. The number of rotatable bonds is 4. The molecule has 1 aromatic heterocycles. The molecule has 1 amide bonds. The third-order valence-electron chi connectivity index (χ3n) is 5.01. The first-order chi connectivity index (χ1) is 11.9. The molecule has 4 nitrogen and oxygen atoms in total. The Kier molecular flexibility index (Phi) is 5.01. The molecule has 1 aromatic carbocycles. The first-order valence-corrected chi connectivity index (χ1v) is 8.69. The molecule has 1 aliphatic rings. The summed E-state index contributed by atoms with van der Waals surface area (Å²) in [6.45, 7) is 2.73. The lowest BCUT2D eigenvalue weighted by atomic mass is 9.80. The number of nitrogens with one attached hydrogen (secondary N) is 1. The molecule has 1 heterocycles. The highest BCUT2D eigenvalue weighted by Gasteiger charge is 2.41. The van der Waals surface area contributed by atoms with Crippen LogP contribution >= 0.6 is 0 Å². The van der Waals surface area contributed by atoms with Crippen molar-refractivity contribution in [2.45, 2.75) is 51.7 Å². The minimum atomic E-state index is -4.11. The van der Waals surface area contributed by atoms with E-state index in [1.807, 2.05) is 29.8 Å². The smallest absolute Gasteiger partial charge is 0.326 e. The van der Waals surface area contributed by atoms with Crippen molar-refractivity contribution in [2.75, 3.05) is 5.32 Å². The van der Waals surface area contributed by atoms with Gasteiger partial charge in [0.05, 0.1) is 17.6 Å². The minimum Gasteiger partial charge on any atom is -0.326 e. The van der Waals surface area contributed by atoms with E-state index in [1.165, 1.54) is 0 Å². The van der Waals surface area contributed by atoms with E-state index in [4.69, 9.17) is 0 Å². The molecule has 0 radical (unpaired) electrons. The maximum atomic E-state index is 12.7. The molecule has 1 N–H and O–H groups in total. The minimum absolute atomic E-state index is 0.0310. The molecule has 1 aliphatic carbocycles. The zero-order chi connectivity index (χ0) is 18.0. The molecule has 7 heteroatoms. The average Bonchev–Trinajstić information content (AvgIpc) is 2.96. The summed E-state index contributed by atoms with van der Waals surface area (Å²) in [5.41, 5.74) is 1.64. The van der Waals surface area contributed by atoms with Crippen LogP contribution in [0.2, 0.25) is 0 Å². The maximum Gasteiger partial charge on any atom is 0.391 e. The largest absolute Gasteiger partial charge is 0.391 e. The zero-order valence-electron chi connectivity index (χ0n) is 14.1. The van der Waals surface area contributed by atoms with Gasteiger partial charge in [-0.3, -0.25) is 9.48 Å². The van der Waals surface area contributed by atoms with Gasteiger partial charge in [0.15, 0.2) is 0 Å². The highest BCUT2D eigenvalue weighted by molar-refractivity contribution is 5.93. The van der Waals surface area contributed by atoms with Gasteiger partial charge in [0.1, 0.15) is 0 Å². The SMILES string of the molecule is CCn1ncc2ccc(NC(=O)CC3CCC(C(F)(F)F)CC3)cc21. The van der Waals surface area contributed by atoms with E-state index in [-0.39, 0.29) is 31.1 Å². The molecule has 0 bridgehead atoms. The van der Waals surface area contributed by atoms with Crippen molar-refractivity contribution in [3.8, 4) is 0 Å². The van der Waals surface area contributed by atoms with Crippen molar-refractivity contribution in [1.82, 2.24) is 9.78 Å². The number of nitrogens with zero attached hydrogens (tertiary/aromatic N) is 2. The predicted octanol–water partition coefficient (Wildman–Crippen LogP) is 4.75. The van der Waals surface area contributed by atoms with Gasteiger partial charge in [0, 0.05) is 24.0 Å².